The fourth-order valence-electron chi connectivity index (χ4n) is 2.95. The maximum atomic E-state index is 4.42. The summed E-state index contributed by atoms with van der Waals surface area (Å²) in [7, 11) is 0. The molecule has 0 unspecified atom stereocenters. The molecule has 0 aliphatic rings. The molecule has 0 fully saturated rings. The van der Waals surface area contributed by atoms with Crippen LogP contribution in [0.1, 0.15) is 5.56 Å². The predicted octanol–water partition coefficient (Wildman–Crippen LogP) is 4.87. The van der Waals surface area contributed by atoms with Crippen LogP contribution in [0.25, 0.3) is 22.0 Å². The van der Waals surface area contributed by atoms with Crippen molar-refractivity contribution < 1.29 is 0 Å². The number of fused-ring (bicyclic) bond motifs is 1. The number of hydrogen-bond acceptors (Lipinski definition) is 3. The van der Waals surface area contributed by atoms with E-state index in [1.165, 1.54) is 22.0 Å². The Morgan fingerprint density at radius 2 is 1.62 bits per heavy atom. The molecule has 2 heterocycles. The van der Waals surface area contributed by atoms with Crippen LogP contribution in [0.15, 0.2) is 78.3 Å². The lowest BCUT2D eigenvalue weighted by Gasteiger charge is -2.05. The Balaban J connectivity index is 1.81. The lowest BCUT2D eigenvalue weighted by atomic mass is 10.1. The van der Waals surface area contributed by atoms with Crippen LogP contribution < -0.4 is 0 Å². The maximum absolute atomic E-state index is 4.42. The highest BCUT2D eigenvalue weighted by Crippen LogP contribution is 2.30. The average molecular weight is 331 g/mol. The Morgan fingerprint density at radius 3 is 2.38 bits per heavy atom. The minimum Gasteiger partial charge on any atom is -0.342 e. The monoisotopic (exact) mass is 331 g/mol. The van der Waals surface area contributed by atoms with Crippen molar-refractivity contribution in [3.05, 3.63) is 78.8 Å². The van der Waals surface area contributed by atoms with Crippen LogP contribution in [-0.2, 0) is 6.54 Å². The molecule has 0 saturated heterocycles. The van der Waals surface area contributed by atoms with Crippen molar-refractivity contribution >= 4 is 22.7 Å². The molecular weight excluding hydrogens is 314 g/mol. The molecular formula is C20H17N3S. The minimum absolute atomic E-state index is 0.798. The van der Waals surface area contributed by atoms with Gasteiger partial charge in [0, 0.05) is 47.2 Å². The Labute approximate surface area is 145 Å². The number of rotatable bonds is 4. The maximum Gasteiger partial charge on any atom is 0.187 e. The van der Waals surface area contributed by atoms with Gasteiger partial charge in [-0.1, -0.05) is 60.3 Å². The summed E-state index contributed by atoms with van der Waals surface area (Å²) in [6, 6.07) is 19.0. The van der Waals surface area contributed by atoms with E-state index < -0.39 is 0 Å². The molecule has 0 spiro atoms. The molecule has 118 valence electrons. The van der Waals surface area contributed by atoms with Crippen LogP contribution in [0.5, 0.6) is 0 Å². The van der Waals surface area contributed by atoms with Crippen molar-refractivity contribution in [2.24, 2.45) is 0 Å². The van der Waals surface area contributed by atoms with Crippen molar-refractivity contribution in [3.8, 4) is 11.1 Å². The summed E-state index contributed by atoms with van der Waals surface area (Å²) in [5.41, 5.74) is 4.74. The molecule has 0 saturated carbocycles. The highest BCUT2D eigenvalue weighted by atomic mass is 32.2. The minimum atomic E-state index is 0.798. The van der Waals surface area contributed by atoms with E-state index >= 15 is 0 Å². The molecule has 0 N–H and O–H groups in total. The van der Waals surface area contributed by atoms with Gasteiger partial charge in [0.1, 0.15) is 0 Å². The van der Waals surface area contributed by atoms with Crippen molar-refractivity contribution in [2.45, 2.75) is 11.7 Å². The van der Waals surface area contributed by atoms with E-state index in [4.69, 9.17) is 0 Å². The van der Waals surface area contributed by atoms with Crippen molar-refractivity contribution in [1.29, 1.82) is 0 Å². The summed E-state index contributed by atoms with van der Waals surface area (Å²) in [6.45, 7) is 0.852. The smallest absolute Gasteiger partial charge is 0.187 e. The van der Waals surface area contributed by atoms with Gasteiger partial charge in [-0.05, 0) is 17.9 Å². The molecule has 4 aromatic rings. The zero-order valence-electron chi connectivity index (χ0n) is 13.4. The van der Waals surface area contributed by atoms with Crippen molar-refractivity contribution in [2.75, 3.05) is 6.26 Å². The molecule has 0 bridgehead atoms. The fourth-order valence-corrected chi connectivity index (χ4v) is 3.26. The summed E-state index contributed by atoms with van der Waals surface area (Å²) in [5, 5.41) is 2.03. The Kier molecular flexibility index (Phi) is 4.05. The molecule has 0 atom stereocenters. The van der Waals surface area contributed by atoms with Crippen LogP contribution in [0.3, 0.4) is 0 Å². The fraction of sp³-hybridized carbons (Fsp3) is 0.100. The summed E-state index contributed by atoms with van der Waals surface area (Å²) in [4.78, 5) is 8.83. The van der Waals surface area contributed by atoms with Crippen molar-refractivity contribution in [1.82, 2.24) is 14.5 Å². The van der Waals surface area contributed by atoms with E-state index in [9.17, 15) is 0 Å². The van der Waals surface area contributed by atoms with Gasteiger partial charge in [0.15, 0.2) is 5.16 Å². The van der Waals surface area contributed by atoms with E-state index in [1.54, 1.807) is 11.8 Å². The van der Waals surface area contributed by atoms with E-state index in [2.05, 4.69) is 69.3 Å². The first-order chi connectivity index (χ1) is 11.8. The van der Waals surface area contributed by atoms with E-state index in [0.29, 0.717) is 0 Å². The lowest BCUT2D eigenvalue weighted by Crippen LogP contribution is -1.97. The SMILES string of the molecule is CSc1ncc(-c2cn(Cc3ccccc3)c3ccccc23)cn1. The summed E-state index contributed by atoms with van der Waals surface area (Å²) in [5.74, 6) is 0. The highest BCUT2D eigenvalue weighted by molar-refractivity contribution is 7.98. The van der Waals surface area contributed by atoms with Gasteiger partial charge in [0.2, 0.25) is 0 Å². The third-order valence-corrected chi connectivity index (χ3v) is 4.68. The Bertz CT molecular complexity index is 959. The molecule has 0 radical (unpaired) electrons. The normalized spacial score (nSPS) is 11.0. The standard InChI is InChI=1S/C20H17N3S/c1-24-20-21-11-16(12-22-20)18-14-23(13-15-7-3-2-4-8-15)19-10-6-5-9-17(18)19/h2-12,14H,13H2,1H3. The third-order valence-electron chi connectivity index (χ3n) is 4.11. The van der Waals surface area contributed by atoms with Gasteiger partial charge in [-0.2, -0.15) is 0 Å². The van der Waals surface area contributed by atoms with E-state index in [-0.39, 0.29) is 0 Å². The zero-order chi connectivity index (χ0) is 16.4. The number of thioether (sulfide) groups is 1. The molecule has 0 amide bonds. The first-order valence-electron chi connectivity index (χ1n) is 7.83. The predicted molar refractivity (Wildman–Crippen MR) is 100 cm³/mol. The Hall–Kier alpha value is -2.59. The summed E-state index contributed by atoms with van der Waals surface area (Å²) in [6.07, 6.45) is 8.01. The molecule has 2 aromatic heterocycles. The van der Waals surface area contributed by atoms with Crippen LogP contribution in [0.2, 0.25) is 0 Å². The molecule has 24 heavy (non-hydrogen) atoms. The van der Waals surface area contributed by atoms with Crippen LogP contribution in [0.4, 0.5) is 0 Å². The van der Waals surface area contributed by atoms with Gasteiger partial charge in [0.05, 0.1) is 0 Å². The van der Waals surface area contributed by atoms with Gasteiger partial charge < -0.3 is 4.57 Å². The topological polar surface area (TPSA) is 30.7 Å². The molecule has 2 aromatic carbocycles. The van der Waals surface area contributed by atoms with Gasteiger partial charge >= 0.3 is 0 Å². The first kappa shape index (κ1) is 15.0. The van der Waals surface area contributed by atoms with Crippen LogP contribution >= 0.6 is 11.8 Å². The zero-order valence-corrected chi connectivity index (χ0v) is 14.2. The average Bonchev–Trinajstić information content (AvgIpc) is 3.01. The number of para-hydroxylation sites is 1. The van der Waals surface area contributed by atoms with Crippen molar-refractivity contribution in [3.63, 3.8) is 0 Å². The summed E-state index contributed by atoms with van der Waals surface area (Å²) < 4.78 is 2.29. The van der Waals surface area contributed by atoms with Gasteiger partial charge in [-0.15, -0.1) is 0 Å². The first-order valence-corrected chi connectivity index (χ1v) is 9.06. The molecule has 0 aliphatic heterocycles. The number of nitrogens with zero attached hydrogens (tertiary/aromatic N) is 3. The second-order valence-electron chi connectivity index (χ2n) is 5.63. The Morgan fingerprint density at radius 1 is 0.917 bits per heavy atom. The highest BCUT2D eigenvalue weighted by Gasteiger charge is 2.11. The van der Waals surface area contributed by atoms with E-state index in [0.717, 1.165) is 17.3 Å². The number of aromatic nitrogens is 3. The molecule has 0 aliphatic carbocycles. The number of benzene rings is 2. The molecule has 4 rings (SSSR count). The van der Waals surface area contributed by atoms with Crippen LogP contribution in [0, 0.1) is 0 Å². The van der Waals surface area contributed by atoms with Gasteiger partial charge in [-0.3, -0.25) is 0 Å². The van der Waals surface area contributed by atoms with Crippen LogP contribution in [-0.4, -0.2) is 20.8 Å². The summed E-state index contributed by atoms with van der Waals surface area (Å²) >= 11 is 1.56. The molecule has 4 heteroatoms. The quantitative estimate of drug-likeness (QED) is 0.395. The molecule has 3 nitrogen and oxygen atoms in total. The lowest BCUT2D eigenvalue weighted by molar-refractivity contribution is 0.837. The van der Waals surface area contributed by atoms with Gasteiger partial charge in [0.25, 0.3) is 0 Å². The number of hydrogen-bond donors (Lipinski definition) is 0. The largest absolute Gasteiger partial charge is 0.342 e. The third kappa shape index (κ3) is 2.81. The second kappa shape index (κ2) is 6.49. The van der Waals surface area contributed by atoms with Gasteiger partial charge in [-0.25, -0.2) is 9.97 Å². The van der Waals surface area contributed by atoms with E-state index in [1.807, 2.05) is 24.7 Å². The second-order valence-corrected chi connectivity index (χ2v) is 6.41.